The predicted molar refractivity (Wildman–Crippen MR) is 71.5 cm³/mol. The zero-order valence-corrected chi connectivity index (χ0v) is 10.8. The maximum absolute atomic E-state index is 10.5. The smallest absolute Gasteiger partial charge is 0.337 e. The summed E-state index contributed by atoms with van der Waals surface area (Å²) in [6.07, 6.45) is 1.08. The maximum Gasteiger partial charge on any atom is 0.337 e. The standard InChI is InChI=1S/C8H6O4.C6H8O2/c9-7(10)5-3-1-2-4-6(5)8(11)12;1-4-8-6(7)5(2)3/h1-4H,(H,9,10)(H,11,12);4H,1-2H2,3H3. The van der Waals surface area contributed by atoms with Crippen LogP contribution in [0.4, 0.5) is 0 Å². The van der Waals surface area contributed by atoms with E-state index in [-0.39, 0.29) is 11.1 Å². The number of ether oxygens (including phenoxy) is 1. The van der Waals surface area contributed by atoms with E-state index in [4.69, 9.17) is 10.2 Å². The Morgan fingerprint density at radius 2 is 1.50 bits per heavy atom. The van der Waals surface area contributed by atoms with Crippen LogP contribution in [-0.2, 0) is 9.53 Å². The molecule has 20 heavy (non-hydrogen) atoms. The molecule has 1 rings (SSSR count). The fraction of sp³-hybridized carbons (Fsp3) is 0.0714. The average Bonchev–Trinajstić information content (AvgIpc) is 2.39. The minimum atomic E-state index is -1.23. The lowest BCUT2D eigenvalue weighted by Crippen LogP contribution is -2.06. The number of carboxylic acids is 2. The minimum Gasteiger partial charge on any atom is -0.478 e. The second-order valence-corrected chi connectivity index (χ2v) is 3.51. The molecule has 0 aliphatic heterocycles. The van der Waals surface area contributed by atoms with Gasteiger partial charge in [0.2, 0.25) is 0 Å². The molecule has 0 unspecified atom stereocenters. The lowest BCUT2D eigenvalue weighted by molar-refractivity contribution is -0.133. The van der Waals surface area contributed by atoms with E-state index < -0.39 is 17.9 Å². The van der Waals surface area contributed by atoms with Crippen LogP contribution in [0.5, 0.6) is 0 Å². The monoisotopic (exact) mass is 278 g/mol. The van der Waals surface area contributed by atoms with Gasteiger partial charge in [-0.3, -0.25) is 0 Å². The van der Waals surface area contributed by atoms with Gasteiger partial charge in [0, 0.05) is 5.57 Å². The molecule has 2 N–H and O–H groups in total. The SMILES string of the molecule is C=COC(=O)C(=C)C.O=C(O)c1ccccc1C(=O)O. The molecule has 6 heteroatoms. The summed E-state index contributed by atoms with van der Waals surface area (Å²) in [5, 5.41) is 17.1. The summed E-state index contributed by atoms with van der Waals surface area (Å²) >= 11 is 0. The zero-order valence-electron chi connectivity index (χ0n) is 10.8. The van der Waals surface area contributed by atoms with Crippen LogP contribution in [-0.4, -0.2) is 28.1 Å². The summed E-state index contributed by atoms with van der Waals surface area (Å²) in [6.45, 7) is 8.13. The third-order valence-electron chi connectivity index (χ3n) is 1.93. The maximum atomic E-state index is 10.5. The molecule has 0 amide bonds. The summed E-state index contributed by atoms with van der Waals surface area (Å²) in [4.78, 5) is 31.3. The molecule has 0 saturated carbocycles. The van der Waals surface area contributed by atoms with Crippen molar-refractivity contribution in [1.82, 2.24) is 0 Å². The summed E-state index contributed by atoms with van der Waals surface area (Å²) in [6, 6.07) is 5.48. The first-order valence-electron chi connectivity index (χ1n) is 5.34. The fourth-order valence-electron chi connectivity index (χ4n) is 1.03. The van der Waals surface area contributed by atoms with Crippen LogP contribution >= 0.6 is 0 Å². The third kappa shape index (κ3) is 5.63. The van der Waals surface area contributed by atoms with Crippen LogP contribution in [0.1, 0.15) is 27.6 Å². The second kappa shape index (κ2) is 8.25. The number of hydrogen-bond donors (Lipinski definition) is 2. The molecular formula is C14H14O6. The molecule has 106 valence electrons. The average molecular weight is 278 g/mol. The van der Waals surface area contributed by atoms with Crippen molar-refractivity contribution >= 4 is 17.9 Å². The van der Waals surface area contributed by atoms with Gasteiger partial charge < -0.3 is 14.9 Å². The Morgan fingerprint density at radius 3 is 1.70 bits per heavy atom. The molecule has 0 spiro atoms. The lowest BCUT2D eigenvalue weighted by atomic mass is 10.1. The number of esters is 1. The van der Waals surface area contributed by atoms with Crippen molar-refractivity contribution in [3.05, 3.63) is 60.4 Å². The van der Waals surface area contributed by atoms with Crippen molar-refractivity contribution < 1.29 is 29.3 Å². The molecule has 0 aromatic heterocycles. The van der Waals surface area contributed by atoms with Crippen molar-refractivity contribution in [3.8, 4) is 0 Å². The van der Waals surface area contributed by atoms with Gasteiger partial charge in [-0.15, -0.1) is 0 Å². The molecule has 0 aliphatic rings. The van der Waals surface area contributed by atoms with E-state index in [0.29, 0.717) is 5.57 Å². The van der Waals surface area contributed by atoms with E-state index >= 15 is 0 Å². The Labute approximate surface area is 115 Å². The number of aromatic carboxylic acids is 2. The minimum absolute atomic E-state index is 0.190. The van der Waals surface area contributed by atoms with Gasteiger partial charge in [-0.25, -0.2) is 14.4 Å². The van der Waals surface area contributed by atoms with Gasteiger partial charge in [0.05, 0.1) is 17.4 Å². The predicted octanol–water partition coefficient (Wildman–Crippen LogP) is 2.33. The molecule has 0 heterocycles. The number of carbonyl (C=O) groups is 3. The first-order valence-corrected chi connectivity index (χ1v) is 5.34. The van der Waals surface area contributed by atoms with Crippen LogP contribution in [0.15, 0.2) is 49.3 Å². The number of hydrogen-bond acceptors (Lipinski definition) is 4. The highest BCUT2D eigenvalue weighted by molar-refractivity contribution is 6.01. The first-order chi connectivity index (χ1) is 9.31. The second-order valence-electron chi connectivity index (χ2n) is 3.51. The van der Waals surface area contributed by atoms with Gasteiger partial charge in [0.25, 0.3) is 0 Å². The highest BCUT2D eigenvalue weighted by atomic mass is 16.5. The van der Waals surface area contributed by atoms with Crippen molar-refractivity contribution in [1.29, 1.82) is 0 Å². The quantitative estimate of drug-likeness (QED) is 0.498. The number of carboxylic acid groups (broad SMARTS) is 2. The molecule has 0 atom stereocenters. The van der Waals surface area contributed by atoms with Crippen molar-refractivity contribution in [2.75, 3.05) is 0 Å². The van der Waals surface area contributed by atoms with Crippen LogP contribution in [0.2, 0.25) is 0 Å². The van der Waals surface area contributed by atoms with E-state index in [1.165, 1.54) is 24.3 Å². The van der Waals surface area contributed by atoms with Crippen molar-refractivity contribution in [2.45, 2.75) is 6.92 Å². The third-order valence-corrected chi connectivity index (χ3v) is 1.93. The molecule has 1 aromatic rings. The summed E-state index contributed by atoms with van der Waals surface area (Å²) in [5.41, 5.74) is -0.0000926. The highest BCUT2D eigenvalue weighted by Gasteiger charge is 2.13. The van der Waals surface area contributed by atoms with Crippen molar-refractivity contribution in [3.63, 3.8) is 0 Å². The van der Waals surface area contributed by atoms with E-state index in [9.17, 15) is 14.4 Å². The lowest BCUT2D eigenvalue weighted by Gasteiger charge is -1.98. The molecule has 1 aromatic carbocycles. The highest BCUT2D eigenvalue weighted by Crippen LogP contribution is 2.07. The normalized spacial score (nSPS) is 8.65. The van der Waals surface area contributed by atoms with Gasteiger partial charge in [-0.05, 0) is 19.1 Å². The Morgan fingerprint density at radius 1 is 1.10 bits per heavy atom. The van der Waals surface area contributed by atoms with Crippen LogP contribution in [0, 0.1) is 0 Å². The Hall–Kier alpha value is -2.89. The van der Waals surface area contributed by atoms with Crippen LogP contribution in [0.3, 0.4) is 0 Å². The molecule has 0 bridgehead atoms. The molecular weight excluding hydrogens is 264 g/mol. The molecule has 6 nitrogen and oxygen atoms in total. The largest absolute Gasteiger partial charge is 0.478 e. The zero-order chi connectivity index (χ0) is 15.7. The topological polar surface area (TPSA) is 101 Å². The van der Waals surface area contributed by atoms with Gasteiger partial charge in [0.15, 0.2) is 0 Å². The Kier molecular flexibility index (Phi) is 7.06. The number of benzene rings is 1. The first kappa shape index (κ1) is 17.1. The molecule has 0 saturated heterocycles. The van der Waals surface area contributed by atoms with Gasteiger partial charge in [-0.2, -0.15) is 0 Å². The summed E-state index contributed by atoms with van der Waals surface area (Å²) in [7, 11) is 0. The van der Waals surface area contributed by atoms with Crippen LogP contribution in [0.25, 0.3) is 0 Å². The van der Waals surface area contributed by atoms with Crippen LogP contribution < -0.4 is 0 Å². The van der Waals surface area contributed by atoms with Gasteiger partial charge >= 0.3 is 17.9 Å². The van der Waals surface area contributed by atoms with E-state index in [1.807, 2.05) is 0 Å². The molecule has 0 radical (unpaired) electrons. The number of rotatable bonds is 4. The summed E-state index contributed by atoms with van der Waals surface area (Å²) < 4.78 is 4.33. The van der Waals surface area contributed by atoms with E-state index in [1.54, 1.807) is 6.92 Å². The van der Waals surface area contributed by atoms with Gasteiger partial charge in [-0.1, -0.05) is 25.3 Å². The Bertz CT molecular complexity index is 511. The molecule has 0 fully saturated rings. The van der Waals surface area contributed by atoms with E-state index in [0.717, 1.165) is 6.26 Å². The fourth-order valence-corrected chi connectivity index (χ4v) is 1.03. The van der Waals surface area contributed by atoms with E-state index in [2.05, 4.69) is 17.9 Å². The Balaban J connectivity index is 0.000000396. The van der Waals surface area contributed by atoms with Crippen molar-refractivity contribution in [2.24, 2.45) is 0 Å². The molecule has 0 aliphatic carbocycles. The number of carbonyl (C=O) groups excluding carboxylic acids is 1. The summed E-state index contributed by atoms with van der Waals surface area (Å²) in [5.74, 6) is -2.89. The van der Waals surface area contributed by atoms with Gasteiger partial charge in [0.1, 0.15) is 0 Å².